The van der Waals surface area contributed by atoms with E-state index in [0.717, 1.165) is 32.5 Å². The standard InChI is InChI=1S/C14H25N5O/c1-5-6-8-19(4)14(20)12-10-13(17-11-16-12)15-7-9-18(2)3/h10-11H,5-9H2,1-4H3,(H,15,16,17). The van der Waals surface area contributed by atoms with E-state index in [2.05, 4.69) is 27.1 Å². The first-order valence-electron chi connectivity index (χ1n) is 7.00. The smallest absolute Gasteiger partial charge is 0.272 e. The van der Waals surface area contributed by atoms with Gasteiger partial charge in [-0.2, -0.15) is 0 Å². The molecule has 0 unspecified atom stereocenters. The van der Waals surface area contributed by atoms with E-state index >= 15 is 0 Å². The van der Waals surface area contributed by atoms with Crippen LogP contribution in [-0.2, 0) is 0 Å². The van der Waals surface area contributed by atoms with Gasteiger partial charge in [0, 0.05) is 32.7 Å². The monoisotopic (exact) mass is 279 g/mol. The molecule has 1 N–H and O–H groups in total. The molecule has 0 aliphatic carbocycles. The lowest BCUT2D eigenvalue weighted by atomic mass is 10.3. The minimum absolute atomic E-state index is 0.0588. The van der Waals surface area contributed by atoms with Crippen molar-refractivity contribution in [3.05, 3.63) is 18.1 Å². The van der Waals surface area contributed by atoms with Crippen molar-refractivity contribution in [1.29, 1.82) is 0 Å². The third kappa shape index (κ3) is 5.52. The molecule has 0 saturated carbocycles. The van der Waals surface area contributed by atoms with Crippen LogP contribution in [0.15, 0.2) is 12.4 Å². The Morgan fingerprint density at radius 2 is 2.00 bits per heavy atom. The number of hydrogen-bond acceptors (Lipinski definition) is 5. The lowest BCUT2D eigenvalue weighted by molar-refractivity contribution is 0.0787. The van der Waals surface area contributed by atoms with Gasteiger partial charge in [-0.25, -0.2) is 9.97 Å². The van der Waals surface area contributed by atoms with Gasteiger partial charge >= 0.3 is 0 Å². The average Bonchev–Trinajstić information content (AvgIpc) is 2.44. The zero-order valence-electron chi connectivity index (χ0n) is 12.9. The number of likely N-dealkylation sites (N-methyl/N-ethyl adjacent to an activating group) is 1. The molecule has 0 aliphatic rings. The SMILES string of the molecule is CCCCN(C)C(=O)c1cc(NCCN(C)C)ncn1. The Bertz CT molecular complexity index is 422. The summed E-state index contributed by atoms with van der Waals surface area (Å²) < 4.78 is 0. The molecule has 20 heavy (non-hydrogen) atoms. The predicted octanol–water partition coefficient (Wildman–Crippen LogP) is 1.32. The second kappa shape index (κ2) is 8.47. The molecule has 6 heteroatoms. The number of nitrogens with zero attached hydrogens (tertiary/aromatic N) is 4. The van der Waals surface area contributed by atoms with Gasteiger partial charge in [0.15, 0.2) is 0 Å². The first-order valence-corrected chi connectivity index (χ1v) is 7.00. The van der Waals surface area contributed by atoms with Gasteiger partial charge in [-0.05, 0) is 20.5 Å². The highest BCUT2D eigenvalue weighted by atomic mass is 16.2. The van der Waals surface area contributed by atoms with E-state index in [1.165, 1.54) is 6.33 Å². The zero-order chi connectivity index (χ0) is 15.0. The van der Waals surface area contributed by atoms with Gasteiger partial charge < -0.3 is 15.1 Å². The number of carbonyl (C=O) groups is 1. The third-order valence-corrected chi connectivity index (χ3v) is 2.95. The summed E-state index contributed by atoms with van der Waals surface area (Å²) in [5.74, 6) is 0.630. The molecule has 1 rings (SSSR count). The van der Waals surface area contributed by atoms with Gasteiger partial charge in [-0.3, -0.25) is 4.79 Å². The number of hydrogen-bond donors (Lipinski definition) is 1. The Morgan fingerprint density at radius 1 is 1.25 bits per heavy atom. The van der Waals surface area contributed by atoms with Crippen molar-refractivity contribution in [2.24, 2.45) is 0 Å². The van der Waals surface area contributed by atoms with E-state index < -0.39 is 0 Å². The minimum Gasteiger partial charge on any atom is -0.369 e. The van der Waals surface area contributed by atoms with Crippen molar-refractivity contribution in [3.63, 3.8) is 0 Å². The molecule has 1 aromatic heterocycles. The lowest BCUT2D eigenvalue weighted by Gasteiger charge is -2.16. The molecule has 1 heterocycles. The zero-order valence-corrected chi connectivity index (χ0v) is 12.9. The largest absolute Gasteiger partial charge is 0.369 e. The summed E-state index contributed by atoms with van der Waals surface area (Å²) >= 11 is 0. The molecule has 0 aliphatic heterocycles. The van der Waals surface area contributed by atoms with Crippen molar-refractivity contribution in [2.45, 2.75) is 19.8 Å². The Hall–Kier alpha value is -1.69. The van der Waals surface area contributed by atoms with E-state index in [0.29, 0.717) is 11.5 Å². The first kappa shape index (κ1) is 16.4. The van der Waals surface area contributed by atoms with E-state index in [9.17, 15) is 4.79 Å². The van der Waals surface area contributed by atoms with E-state index in [1.54, 1.807) is 18.0 Å². The highest BCUT2D eigenvalue weighted by Gasteiger charge is 2.13. The highest BCUT2D eigenvalue weighted by Crippen LogP contribution is 2.06. The highest BCUT2D eigenvalue weighted by molar-refractivity contribution is 5.92. The van der Waals surface area contributed by atoms with Crippen LogP contribution in [0.25, 0.3) is 0 Å². The number of carbonyl (C=O) groups excluding carboxylic acids is 1. The topological polar surface area (TPSA) is 61.4 Å². The van der Waals surface area contributed by atoms with Gasteiger partial charge in [0.2, 0.25) is 0 Å². The van der Waals surface area contributed by atoms with Crippen molar-refractivity contribution in [1.82, 2.24) is 19.8 Å². The second-order valence-corrected chi connectivity index (χ2v) is 5.10. The molecule has 1 aromatic rings. The van der Waals surface area contributed by atoms with E-state index in [-0.39, 0.29) is 5.91 Å². The fourth-order valence-corrected chi connectivity index (χ4v) is 1.67. The summed E-state index contributed by atoms with van der Waals surface area (Å²) in [7, 11) is 5.83. The normalized spacial score (nSPS) is 10.7. The number of amides is 1. The van der Waals surface area contributed by atoms with Gasteiger partial charge in [-0.1, -0.05) is 13.3 Å². The Morgan fingerprint density at radius 3 is 2.65 bits per heavy atom. The molecule has 0 saturated heterocycles. The summed E-state index contributed by atoms with van der Waals surface area (Å²) in [6, 6.07) is 1.71. The first-order chi connectivity index (χ1) is 9.54. The van der Waals surface area contributed by atoms with E-state index in [4.69, 9.17) is 0 Å². The minimum atomic E-state index is -0.0588. The van der Waals surface area contributed by atoms with Crippen LogP contribution in [0.4, 0.5) is 5.82 Å². The summed E-state index contributed by atoms with van der Waals surface area (Å²) in [4.78, 5) is 24.2. The van der Waals surface area contributed by atoms with Crippen LogP contribution < -0.4 is 5.32 Å². The molecule has 0 fully saturated rings. The molecule has 0 atom stereocenters. The van der Waals surface area contributed by atoms with Crippen molar-refractivity contribution in [2.75, 3.05) is 46.1 Å². The molecule has 1 amide bonds. The van der Waals surface area contributed by atoms with Crippen LogP contribution in [0.2, 0.25) is 0 Å². The Labute approximate surface area is 121 Å². The molecule has 0 radical (unpaired) electrons. The van der Waals surface area contributed by atoms with Crippen molar-refractivity contribution < 1.29 is 4.79 Å². The van der Waals surface area contributed by atoms with Crippen molar-refractivity contribution in [3.8, 4) is 0 Å². The number of unbranched alkanes of at least 4 members (excludes halogenated alkanes) is 1. The Balaban J connectivity index is 2.60. The van der Waals surface area contributed by atoms with Crippen LogP contribution in [0.3, 0.4) is 0 Å². The average molecular weight is 279 g/mol. The van der Waals surface area contributed by atoms with Gasteiger partial charge in [-0.15, -0.1) is 0 Å². The summed E-state index contributed by atoms with van der Waals surface area (Å²) in [5.41, 5.74) is 0.436. The number of aromatic nitrogens is 2. The number of nitrogens with one attached hydrogen (secondary N) is 1. The molecular weight excluding hydrogens is 254 g/mol. The van der Waals surface area contributed by atoms with Gasteiger partial charge in [0.25, 0.3) is 5.91 Å². The summed E-state index contributed by atoms with van der Waals surface area (Å²) in [6.07, 6.45) is 3.50. The van der Waals surface area contributed by atoms with E-state index in [1.807, 2.05) is 14.1 Å². The fourth-order valence-electron chi connectivity index (χ4n) is 1.67. The van der Waals surface area contributed by atoms with Crippen LogP contribution in [0.1, 0.15) is 30.3 Å². The third-order valence-electron chi connectivity index (χ3n) is 2.95. The van der Waals surface area contributed by atoms with Gasteiger partial charge in [0.05, 0.1) is 0 Å². The maximum Gasteiger partial charge on any atom is 0.272 e. The second-order valence-electron chi connectivity index (χ2n) is 5.10. The molecule has 0 bridgehead atoms. The number of rotatable bonds is 8. The Kier molecular flexibility index (Phi) is 6.93. The molecule has 6 nitrogen and oxygen atoms in total. The van der Waals surface area contributed by atoms with Crippen LogP contribution in [0.5, 0.6) is 0 Å². The van der Waals surface area contributed by atoms with Crippen LogP contribution >= 0.6 is 0 Å². The lowest BCUT2D eigenvalue weighted by Crippen LogP contribution is -2.28. The molecule has 0 spiro atoms. The predicted molar refractivity (Wildman–Crippen MR) is 80.9 cm³/mol. The van der Waals surface area contributed by atoms with Crippen LogP contribution in [-0.4, -0.2) is 66.5 Å². The molecule has 0 aromatic carbocycles. The fraction of sp³-hybridized carbons (Fsp3) is 0.643. The van der Waals surface area contributed by atoms with Crippen molar-refractivity contribution >= 4 is 11.7 Å². The summed E-state index contributed by atoms with van der Waals surface area (Å²) in [5, 5.41) is 3.19. The molecule has 112 valence electrons. The maximum atomic E-state index is 12.2. The quantitative estimate of drug-likeness (QED) is 0.777. The van der Waals surface area contributed by atoms with Crippen LogP contribution in [0, 0.1) is 0 Å². The summed E-state index contributed by atoms with van der Waals surface area (Å²) in [6.45, 7) is 4.55. The van der Waals surface area contributed by atoms with Gasteiger partial charge in [0.1, 0.15) is 17.8 Å². The molecular formula is C14H25N5O. The maximum absolute atomic E-state index is 12.2. The number of anilines is 1.